The van der Waals surface area contributed by atoms with Crippen LogP contribution in [0.25, 0.3) is 0 Å². The molecule has 0 aliphatic rings. The van der Waals surface area contributed by atoms with Crippen LogP contribution in [0.3, 0.4) is 0 Å². The Labute approximate surface area is 130 Å². The lowest BCUT2D eigenvalue weighted by Gasteiger charge is -2.02. The number of nitrogens with zero attached hydrogens (tertiary/aromatic N) is 3. The third kappa shape index (κ3) is 3.86. The zero-order valence-electron chi connectivity index (χ0n) is 11.5. The second-order valence-corrected chi connectivity index (χ2v) is 4.73. The molecule has 0 aliphatic heterocycles. The van der Waals surface area contributed by atoms with Gasteiger partial charge in [-0.1, -0.05) is 17.7 Å². The van der Waals surface area contributed by atoms with Crippen LogP contribution in [0.15, 0.2) is 41.5 Å². The first kappa shape index (κ1) is 15.6. The SMILES string of the molecule is Cc1cccc(/C=N/NC(=O)c2ccc([N+](=O)[O-])cc2Cl)n1. The molecule has 7 nitrogen and oxygen atoms in total. The van der Waals surface area contributed by atoms with Gasteiger partial charge >= 0.3 is 0 Å². The molecule has 112 valence electrons. The van der Waals surface area contributed by atoms with Gasteiger partial charge in [0.2, 0.25) is 0 Å². The lowest BCUT2D eigenvalue weighted by Crippen LogP contribution is -2.18. The number of nitro benzene ring substituents is 1. The van der Waals surface area contributed by atoms with Crippen molar-refractivity contribution in [2.24, 2.45) is 5.10 Å². The number of pyridine rings is 1. The Hall–Kier alpha value is -2.80. The van der Waals surface area contributed by atoms with E-state index in [4.69, 9.17) is 11.6 Å². The number of nitrogens with one attached hydrogen (secondary N) is 1. The van der Waals surface area contributed by atoms with Gasteiger partial charge in [-0.2, -0.15) is 5.10 Å². The highest BCUT2D eigenvalue weighted by Crippen LogP contribution is 2.22. The van der Waals surface area contributed by atoms with Crippen LogP contribution in [0.1, 0.15) is 21.7 Å². The lowest BCUT2D eigenvalue weighted by atomic mass is 10.2. The Morgan fingerprint density at radius 1 is 1.41 bits per heavy atom. The highest BCUT2D eigenvalue weighted by Gasteiger charge is 2.14. The third-order valence-electron chi connectivity index (χ3n) is 2.68. The van der Waals surface area contributed by atoms with Gasteiger partial charge in [-0.25, -0.2) is 5.43 Å². The molecular formula is C14H11ClN4O3. The number of carbonyl (C=O) groups is 1. The molecular weight excluding hydrogens is 308 g/mol. The number of hydrogen-bond donors (Lipinski definition) is 1. The Morgan fingerprint density at radius 2 is 2.18 bits per heavy atom. The zero-order chi connectivity index (χ0) is 16.1. The summed E-state index contributed by atoms with van der Waals surface area (Å²) in [5.74, 6) is -0.566. The summed E-state index contributed by atoms with van der Waals surface area (Å²) in [5.41, 5.74) is 3.63. The summed E-state index contributed by atoms with van der Waals surface area (Å²) in [4.78, 5) is 26.1. The average Bonchev–Trinajstić information content (AvgIpc) is 2.47. The van der Waals surface area contributed by atoms with Crippen LogP contribution < -0.4 is 5.43 Å². The summed E-state index contributed by atoms with van der Waals surface area (Å²) in [6.45, 7) is 1.84. The number of non-ortho nitro benzene ring substituents is 1. The first-order valence-electron chi connectivity index (χ1n) is 6.18. The number of amides is 1. The van der Waals surface area contributed by atoms with E-state index < -0.39 is 10.8 Å². The van der Waals surface area contributed by atoms with Crippen LogP contribution >= 0.6 is 11.6 Å². The van der Waals surface area contributed by atoms with Crippen molar-refractivity contribution in [2.45, 2.75) is 6.92 Å². The van der Waals surface area contributed by atoms with Gasteiger partial charge in [-0.3, -0.25) is 19.9 Å². The lowest BCUT2D eigenvalue weighted by molar-refractivity contribution is -0.384. The third-order valence-corrected chi connectivity index (χ3v) is 2.99. The molecule has 0 saturated carbocycles. The Morgan fingerprint density at radius 3 is 2.82 bits per heavy atom. The second-order valence-electron chi connectivity index (χ2n) is 4.32. The molecule has 22 heavy (non-hydrogen) atoms. The van der Waals surface area contributed by atoms with E-state index in [0.29, 0.717) is 5.69 Å². The largest absolute Gasteiger partial charge is 0.272 e. The van der Waals surface area contributed by atoms with E-state index in [-0.39, 0.29) is 16.3 Å². The summed E-state index contributed by atoms with van der Waals surface area (Å²) in [6.07, 6.45) is 1.39. The number of aromatic nitrogens is 1. The van der Waals surface area contributed by atoms with Gasteiger partial charge < -0.3 is 0 Å². The highest BCUT2D eigenvalue weighted by atomic mass is 35.5. The molecule has 1 N–H and O–H groups in total. The minimum absolute atomic E-state index is 0.0180. The predicted octanol–water partition coefficient (Wildman–Crippen LogP) is 2.72. The maximum Gasteiger partial charge on any atom is 0.272 e. The topological polar surface area (TPSA) is 97.5 Å². The van der Waals surface area contributed by atoms with Gasteiger partial charge in [0.25, 0.3) is 11.6 Å². The van der Waals surface area contributed by atoms with Gasteiger partial charge in [0.15, 0.2) is 0 Å². The number of halogens is 1. The average molecular weight is 319 g/mol. The van der Waals surface area contributed by atoms with Crippen LogP contribution in [0, 0.1) is 17.0 Å². The maximum atomic E-state index is 11.9. The van der Waals surface area contributed by atoms with E-state index >= 15 is 0 Å². The molecule has 0 fully saturated rings. The number of rotatable bonds is 4. The van der Waals surface area contributed by atoms with E-state index in [1.54, 1.807) is 6.07 Å². The molecule has 0 aliphatic carbocycles. The van der Waals surface area contributed by atoms with Crippen LogP contribution in [0.2, 0.25) is 5.02 Å². The van der Waals surface area contributed by atoms with E-state index in [0.717, 1.165) is 11.8 Å². The smallest absolute Gasteiger partial charge is 0.267 e. The van der Waals surface area contributed by atoms with Crippen molar-refractivity contribution in [1.82, 2.24) is 10.4 Å². The van der Waals surface area contributed by atoms with Crippen molar-refractivity contribution in [3.63, 3.8) is 0 Å². The van der Waals surface area contributed by atoms with Crippen molar-refractivity contribution in [2.75, 3.05) is 0 Å². The maximum absolute atomic E-state index is 11.9. The molecule has 0 atom stereocenters. The van der Waals surface area contributed by atoms with Gasteiger partial charge in [-0.15, -0.1) is 0 Å². The molecule has 0 saturated heterocycles. The van der Waals surface area contributed by atoms with E-state index in [1.807, 2.05) is 19.1 Å². The number of hydrazone groups is 1. The fourth-order valence-corrected chi connectivity index (χ4v) is 1.92. The fourth-order valence-electron chi connectivity index (χ4n) is 1.66. The zero-order valence-corrected chi connectivity index (χ0v) is 12.2. The number of benzene rings is 1. The molecule has 2 rings (SSSR count). The van der Waals surface area contributed by atoms with E-state index in [1.165, 1.54) is 18.3 Å². The monoisotopic (exact) mass is 318 g/mol. The molecule has 0 unspecified atom stereocenters. The summed E-state index contributed by atoms with van der Waals surface area (Å²) >= 11 is 5.86. The molecule has 1 heterocycles. The molecule has 2 aromatic rings. The number of hydrogen-bond acceptors (Lipinski definition) is 5. The number of aryl methyl sites for hydroxylation is 1. The minimum Gasteiger partial charge on any atom is -0.267 e. The van der Waals surface area contributed by atoms with Crippen LogP contribution in [-0.4, -0.2) is 22.0 Å². The molecule has 1 aromatic heterocycles. The van der Waals surface area contributed by atoms with Gasteiger partial charge in [0.05, 0.1) is 27.4 Å². The summed E-state index contributed by atoms with van der Waals surface area (Å²) < 4.78 is 0. The Kier molecular flexibility index (Phi) is 4.80. The van der Waals surface area contributed by atoms with Crippen molar-refractivity contribution in [1.29, 1.82) is 0 Å². The van der Waals surface area contributed by atoms with Crippen LogP contribution in [-0.2, 0) is 0 Å². The number of carbonyl (C=O) groups excluding carboxylic acids is 1. The van der Waals surface area contributed by atoms with Crippen molar-refractivity contribution in [3.05, 3.63) is 68.5 Å². The Bertz CT molecular complexity index is 762. The normalized spacial score (nSPS) is 10.6. The summed E-state index contributed by atoms with van der Waals surface area (Å²) in [5, 5.41) is 14.4. The standard InChI is InChI=1S/C14H11ClN4O3/c1-9-3-2-4-10(17-9)8-16-18-14(20)12-6-5-11(19(21)22)7-13(12)15/h2-8H,1H3,(H,18,20)/b16-8+. The molecule has 1 amide bonds. The molecule has 1 aromatic carbocycles. The van der Waals surface area contributed by atoms with E-state index in [2.05, 4.69) is 15.5 Å². The van der Waals surface area contributed by atoms with Crippen molar-refractivity contribution < 1.29 is 9.72 Å². The minimum atomic E-state index is -0.588. The van der Waals surface area contributed by atoms with Crippen LogP contribution in [0.5, 0.6) is 0 Å². The van der Waals surface area contributed by atoms with Crippen molar-refractivity contribution in [3.8, 4) is 0 Å². The first-order valence-corrected chi connectivity index (χ1v) is 6.56. The van der Waals surface area contributed by atoms with Gasteiger partial charge in [-0.05, 0) is 25.1 Å². The van der Waals surface area contributed by atoms with Crippen LogP contribution in [0.4, 0.5) is 5.69 Å². The predicted molar refractivity (Wildman–Crippen MR) is 82.1 cm³/mol. The first-order chi connectivity index (χ1) is 10.5. The van der Waals surface area contributed by atoms with Gasteiger partial charge in [0.1, 0.15) is 0 Å². The second kappa shape index (κ2) is 6.77. The fraction of sp³-hybridized carbons (Fsp3) is 0.0714. The van der Waals surface area contributed by atoms with Crippen molar-refractivity contribution >= 4 is 29.4 Å². The van der Waals surface area contributed by atoms with E-state index in [9.17, 15) is 14.9 Å². The molecule has 0 bridgehead atoms. The summed E-state index contributed by atoms with van der Waals surface area (Å²) in [7, 11) is 0. The summed E-state index contributed by atoms with van der Waals surface area (Å²) in [6, 6.07) is 8.98. The molecule has 8 heteroatoms. The Balaban J connectivity index is 2.08. The highest BCUT2D eigenvalue weighted by molar-refractivity contribution is 6.34. The number of nitro groups is 1. The quantitative estimate of drug-likeness (QED) is 0.532. The molecule has 0 radical (unpaired) electrons. The van der Waals surface area contributed by atoms with Gasteiger partial charge in [0, 0.05) is 17.8 Å². The molecule has 0 spiro atoms.